The van der Waals surface area contributed by atoms with E-state index in [4.69, 9.17) is 11.6 Å². The molecule has 0 bridgehead atoms. The van der Waals surface area contributed by atoms with Gasteiger partial charge in [0, 0.05) is 17.0 Å². The van der Waals surface area contributed by atoms with Gasteiger partial charge in [0.25, 0.3) is 0 Å². The molecule has 1 aromatic heterocycles. The Labute approximate surface area is 137 Å². The van der Waals surface area contributed by atoms with Crippen LogP contribution in [-0.4, -0.2) is 16.1 Å². The fourth-order valence-corrected chi connectivity index (χ4v) is 2.98. The number of nitrogens with zero attached hydrogens (tertiary/aromatic N) is 2. The smallest absolute Gasteiger partial charge is 0.230 e. The van der Waals surface area contributed by atoms with E-state index < -0.39 is 5.82 Å². The minimum atomic E-state index is -0.486. The lowest BCUT2D eigenvalue weighted by Gasteiger charge is -2.05. The molecule has 118 valence electrons. The molecule has 1 aromatic carbocycles. The van der Waals surface area contributed by atoms with Crippen LogP contribution in [-0.2, 0) is 17.6 Å². The van der Waals surface area contributed by atoms with E-state index in [-0.39, 0.29) is 22.9 Å². The normalized spacial score (nSPS) is 10.7. The lowest BCUT2D eigenvalue weighted by molar-refractivity contribution is -0.115. The fraction of sp³-hybridized carbons (Fsp3) is 0.400. The van der Waals surface area contributed by atoms with Crippen molar-refractivity contribution < 1.29 is 9.18 Å². The molecule has 1 N–H and O–H groups in total. The molecule has 4 nitrogen and oxygen atoms in total. The summed E-state index contributed by atoms with van der Waals surface area (Å²) in [5, 5.41) is 12.2. The molecule has 0 aliphatic carbocycles. The zero-order chi connectivity index (χ0) is 15.9. The van der Waals surface area contributed by atoms with Gasteiger partial charge in [-0.2, -0.15) is 0 Å². The number of rotatable bonds is 7. The van der Waals surface area contributed by atoms with E-state index in [9.17, 15) is 9.18 Å². The van der Waals surface area contributed by atoms with Gasteiger partial charge in [-0.1, -0.05) is 48.8 Å². The number of carbonyl (C=O) groups is 1. The Bertz CT molecular complexity index is 627. The number of benzene rings is 1. The van der Waals surface area contributed by atoms with Gasteiger partial charge in [-0.3, -0.25) is 4.79 Å². The second kappa shape index (κ2) is 8.19. The van der Waals surface area contributed by atoms with Crippen molar-refractivity contribution in [2.24, 2.45) is 0 Å². The van der Waals surface area contributed by atoms with Crippen LogP contribution >= 0.6 is 22.9 Å². The van der Waals surface area contributed by atoms with Crippen molar-refractivity contribution in [3.8, 4) is 0 Å². The number of amides is 1. The molecule has 1 amide bonds. The molecule has 0 spiro atoms. The minimum Gasteiger partial charge on any atom is -0.300 e. The van der Waals surface area contributed by atoms with Gasteiger partial charge in [-0.25, -0.2) is 4.39 Å². The molecule has 1 heterocycles. The quantitative estimate of drug-likeness (QED) is 0.766. The lowest BCUT2D eigenvalue weighted by Crippen LogP contribution is -2.15. The Balaban J connectivity index is 1.92. The van der Waals surface area contributed by atoms with E-state index in [1.807, 2.05) is 0 Å². The van der Waals surface area contributed by atoms with Crippen molar-refractivity contribution >= 4 is 34.0 Å². The molecule has 0 radical (unpaired) electrons. The van der Waals surface area contributed by atoms with Gasteiger partial charge < -0.3 is 5.32 Å². The first-order valence-electron chi connectivity index (χ1n) is 7.15. The summed E-state index contributed by atoms with van der Waals surface area (Å²) in [4.78, 5) is 12.0. The highest BCUT2D eigenvalue weighted by Crippen LogP contribution is 2.21. The number of halogens is 2. The number of carbonyl (C=O) groups excluding carboxylic acids is 1. The van der Waals surface area contributed by atoms with Crippen LogP contribution in [0.1, 0.15) is 36.8 Å². The van der Waals surface area contributed by atoms with E-state index >= 15 is 0 Å². The van der Waals surface area contributed by atoms with Crippen molar-refractivity contribution in [1.82, 2.24) is 10.2 Å². The monoisotopic (exact) mass is 341 g/mol. The van der Waals surface area contributed by atoms with Crippen molar-refractivity contribution in [2.45, 2.75) is 39.0 Å². The maximum atomic E-state index is 13.6. The molecule has 0 saturated carbocycles. The minimum absolute atomic E-state index is 0.129. The number of nitrogens with one attached hydrogen (secondary N) is 1. The van der Waals surface area contributed by atoms with Crippen molar-refractivity contribution in [2.75, 3.05) is 5.32 Å². The average Bonchev–Trinajstić information content (AvgIpc) is 2.91. The summed E-state index contributed by atoms with van der Waals surface area (Å²) in [7, 11) is 0. The second-order valence-corrected chi connectivity index (χ2v) is 6.35. The Morgan fingerprint density at radius 1 is 1.36 bits per heavy atom. The topological polar surface area (TPSA) is 54.9 Å². The molecule has 0 unspecified atom stereocenters. The van der Waals surface area contributed by atoms with Gasteiger partial charge in [-0.15, -0.1) is 10.2 Å². The number of anilines is 1. The molecule has 0 saturated heterocycles. The Morgan fingerprint density at radius 3 is 2.91 bits per heavy atom. The molecule has 2 rings (SSSR count). The summed E-state index contributed by atoms with van der Waals surface area (Å²) in [5.41, 5.74) is 0.189. The molecule has 0 aliphatic heterocycles. The van der Waals surface area contributed by atoms with Gasteiger partial charge in [0.2, 0.25) is 11.0 Å². The Kier molecular flexibility index (Phi) is 6.27. The number of aryl methyl sites for hydroxylation is 1. The largest absolute Gasteiger partial charge is 0.300 e. The van der Waals surface area contributed by atoms with Crippen LogP contribution in [0.25, 0.3) is 0 Å². The number of unbranched alkanes of at least 4 members (excludes halogenated alkanes) is 2. The van der Waals surface area contributed by atoms with Gasteiger partial charge in [0.15, 0.2) is 0 Å². The van der Waals surface area contributed by atoms with Crippen LogP contribution in [0.15, 0.2) is 18.2 Å². The van der Waals surface area contributed by atoms with Crippen LogP contribution < -0.4 is 5.32 Å². The SMILES string of the molecule is CCCCCc1nnc(NC(=O)Cc2c(F)cccc2Cl)s1. The van der Waals surface area contributed by atoms with Crippen molar-refractivity contribution in [3.05, 3.63) is 39.6 Å². The van der Waals surface area contributed by atoms with E-state index in [1.54, 1.807) is 6.07 Å². The first-order valence-corrected chi connectivity index (χ1v) is 8.34. The molecule has 7 heteroatoms. The fourth-order valence-electron chi connectivity index (χ4n) is 1.96. The van der Waals surface area contributed by atoms with Crippen LogP contribution in [0.2, 0.25) is 5.02 Å². The highest BCUT2D eigenvalue weighted by molar-refractivity contribution is 7.15. The van der Waals surface area contributed by atoms with Crippen molar-refractivity contribution in [1.29, 1.82) is 0 Å². The Hall–Kier alpha value is -1.53. The number of hydrogen-bond acceptors (Lipinski definition) is 4. The average molecular weight is 342 g/mol. The predicted molar refractivity (Wildman–Crippen MR) is 86.9 cm³/mol. The van der Waals surface area contributed by atoms with Gasteiger partial charge in [-0.05, 0) is 18.6 Å². The summed E-state index contributed by atoms with van der Waals surface area (Å²) in [5.74, 6) is -0.844. The molecule has 0 fully saturated rings. The van der Waals surface area contributed by atoms with E-state index in [2.05, 4.69) is 22.4 Å². The lowest BCUT2D eigenvalue weighted by atomic mass is 10.1. The molecule has 22 heavy (non-hydrogen) atoms. The summed E-state index contributed by atoms with van der Waals surface area (Å²) in [6.45, 7) is 2.14. The third-order valence-electron chi connectivity index (χ3n) is 3.11. The third kappa shape index (κ3) is 4.74. The van der Waals surface area contributed by atoms with Crippen LogP contribution in [0, 0.1) is 5.82 Å². The molecule has 0 aliphatic rings. The molecule has 0 atom stereocenters. The number of aromatic nitrogens is 2. The van der Waals surface area contributed by atoms with Crippen LogP contribution in [0.3, 0.4) is 0 Å². The summed E-state index contributed by atoms with van der Waals surface area (Å²) >= 11 is 7.26. The second-order valence-electron chi connectivity index (χ2n) is 4.88. The summed E-state index contributed by atoms with van der Waals surface area (Å²) in [6.07, 6.45) is 4.08. The zero-order valence-electron chi connectivity index (χ0n) is 12.2. The van der Waals surface area contributed by atoms with Crippen LogP contribution in [0.4, 0.5) is 9.52 Å². The van der Waals surface area contributed by atoms with Gasteiger partial charge in [0.1, 0.15) is 10.8 Å². The maximum absolute atomic E-state index is 13.6. The van der Waals surface area contributed by atoms with Crippen molar-refractivity contribution in [3.63, 3.8) is 0 Å². The van der Waals surface area contributed by atoms with E-state index in [0.29, 0.717) is 5.13 Å². The molecule has 2 aromatic rings. The first-order chi connectivity index (χ1) is 10.6. The number of hydrogen-bond donors (Lipinski definition) is 1. The summed E-state index contributed by atoms with van der Waals surface area (Å²) < 4.78 is 13.6. The Morgan fingerprint density at radius 2 is 2.18 bits per heavy atom. The van der Waals surface area contributed by atoms with Gasteiger partial charge >= 0.3 is 0 Å². The highest BCUT2D eigenvalue weighted by atomic mass is 35.5. The molecular formula is C15H17ClFN3OS. The molecular weight excluding hydrogens is 325 g/mol. The zero-order valence-corrected chi connectivity index (χ0v) is 13.8. The first kappa shape index (κ1) is 16.8. The van der Waals surface area contributed by atoms with E-state index in [0.717, 1.165) is 30.7 Å². The predicted octanol–water partition coefficient (Wildman–Crippen LogP) is 4.24. The standard InChI is InChI=1S/C15H17ClFN3OS/c1-2-3-4-8-14-19-20-15(22-14)18-13(21)9-10-11(16)6-5-7-12(10)17/h5-7H,2-4,8-9H2,1H3,(H,18,20,21). The van der Waals surface area contributed by atoms with Gasteiger partial charge in [0.05, 0.1) is 6.42 Å². The maximum Gasteiger partial charge on any atom is 0.230 e. The van der Waals surface area contributed by atoms with E-state index in [1.165, 1.54) is 23.5 Å². The summed E-state index contributed by atoms with van der Waals surface area (Å²) in [6, 6.07) is 4.35. The highest BCUT2D eigenvalue weighted by Gasteiger charge is 2.13. The third-order valence-corrected chi connectivity index (χ3v) is 4.36. The van der Waals surface area contributed by atoms with Crippen LogP contribution in [0.5, 0.6) is 0 Å².